The van der Waals surface area contributed by atoms with Crippen LogP contribution in [0.15, 0.2) is 35.1 Å². The fraction of sp³-hybridized carbons (Fsp3) is 0. The van der Waals surface area contributed by atoms with Crippen LogP contribution in [0.1, 0.15) is 0 Å². The lowest BCUT2D eigenvalue weighted by atomic mass is 10.2. The lowest BCUT2D eigenvalue weighted by Crippen LogP contribution is -2.12. The normalized spacial score (nSPS) is 10.9. The number of anilines is 2. The number of nitrogens with zero attached hydrogens (tertiary/aromatic N) is 1. The molecular formula is C14H7Cl4N3O. The van der Waals surface area contributed by atoms with E-state index >= 15 is 0 Å². The number of H-pyrrole nitrogens is 1. The second kappa shape index (κ2) is 5.97. The summed E-state index contributed by atoms with van der Waals surface area (Å²) in [5.74, 6) is 0.208. The topological polar surface area (TPSA) is 57.8 Å². The number of rotatable bonds is 2. The Morgan fingerprint density at radius 1 is 0.955 bits per heavy atom. The minimum atomic E-state index is -0.395. The zero-order valence-electron chi connectivity index (χ0n) is 10.8. The summed E-state index contributed by atoms with van der Waals surface area (Å²) in [6.07, 6.45) is 0. The standard InChI is InChI=1S/C14H7Cl4N3O/c15-6-3-7(16)5-8(4-6)19-14-20-12-10(18)2-1-9(17)11(12)13(22)21-14/h1-5H,(H2,19,20,21,22). The molecule has 0 aliphatic heterocycles. The summed E-state index contributed by atoms with van der Waals surface area (Å²) in [5, 5.41) is 4.70. The molecule has 2 N–H and O–H groups in total. The zero-order valence-corrected chi connectivity index (χ0v) is 13.8. The van der Waals surface area contributed by atoms with Crippen molar-refractivity contribution < 1.29 is 0 Å². The highest BCUT2D eigenvalue weighted by atomic mass is 35.5. The van der Waals surface area contributed by atoms with E-state index in [1.54, 1.807) is 30.3 Å². The molecule has 2 aromatic carbocycles. The molecule has 0 atom stereocenters. The average Bonchev–Trinajstić information content (AvgIpc) is 2.41. The van der Waals surface area contributed by atoms with Crippen LogP contribution in [0.2, 0.25) is 20.1 Å². The van der Waals surface area contributed by atoms with Gasteiger partial charge < -0.3 is 5.32 Å². The highest BCUT2D eigenvalue weighted by molar-refractivity contribution is 6.39. The van der Waals surface area contributed by atoms with Gasteiger partial charge in [-0.3, -0.25) is 9.78 Å². The molecule has 0 saturated heterocycles. The van der Waals surface area contributed by atoms with Crippen LogP contribution in [-0.4, -0.2) is 9.97 Å². The van der Waals surface area contributed by atoms with Crippen molar-refractivity contribution in [1.82, 2.24) is 9.97 Å². The predicted octanol–water partition coefficient (Wildman–Crippen LogP) is 5.28. The molecule has 1 heterocycles. The molecular weight excluding hydrogens is 368 g/mol. The highest BCUT2D eigenvalue weighted by Crippen LogP contribution is 2.28. The monoisotopic (exact) mass is 373 g/mol. The largest absolute Gasteiger partial charge is 0.326 e. The van der Waals surface area contributed by atoms with Crippen LogP contribution >= 0.6 is 46.4 Å². The molecule has 3 rings (SSSR count). The lowest BCUT2D eigenvalue weighted by molar-refractivity contribution is 1.17. The van der Waals surface area contributed by atoms with E-state index < -0.39 is 5.56 Å². The molecule has 0 aliphatic carbocycles. The van der Waals surface area contributed by atoms with Crippen molar-refractivity contribution in [3.8, 4) is 0 Å². The molecule has 0 aliphatic rings. The Hall–Kier alpha value is -1.46. The Balaban J connectivity index is 2.12. The van der Waals surface area contributed by atoms with Gasteiger partial charge in [-0.05, 0) is 30.3 Å². The molecule has 4 nitrogen and oxygen atoms in total. The summed E-state index contributed by atoms with van der Waals surface area (Å²) < 4.78 is 0. The number of halogens is 4. The molecule has 112 valence electrons. The van der Waals surface area contributed by atoms with Gasteiger partial charge in [0, 0.05) is 15.7 Å². The van der Waals surface area contributed by atoms with Gasteiger partial charge in [-0.1, -0.05) is 46.4 Å². The van der Waals surface area contributed by atoms with Crippen molar-refractivity contribution in [3.63, 3.8) is 0 Å². The Morgan fingerprint density at radius 3 is 2.27 bits per heavy atom. The fourth-order valence-corrected chi connectivity index (χ4v) is 2.96. The third kappa shape index (κ3) is 3.01. The van der Waals surface area contributed by atoms with E-state index in [4.69, 9.17) is 46.4 Å². The smallest absolute Gasteiger partial charge is 0.261 e. The van der Waals surface area contributed by atoms with Crippen LogP contribution in [0.5, 0.6) is 0 Å². The minimum Gasteiger partial charge on any atom is -0.326 e. The molecule has 0 radical (unpaired) electrons. The molecule has 3 aromatic rings. The number of fused-ring (bicyclic) bond motifs is 1. The first-order valence-corrected chi connectivity index (χ1v) is 7.56. The lowest BCUT2D eigenvalue weighted by Gasteiger charge is -2.08. The van der Waals surface area contributed by atoms with E-state index in [0.717, 1.165) is 0 Å². The average molecular weight is 375 g/mol. The molecule has 1 aromatic heterocycles. The van der Waals surface area contributed by atoms with Crippen LogP contribution in [-0.2, 0) is 0 Å². The van der Waals surface area contributed by atoms with Gasteiger partial charge in [0.1, 0.15) is 0 Å². The molecule has 0 fully saturated rings. The van der Waals surface area contributed by atoms with Gasteiger partial charge in [0.15, 0.2) is 0 Å². The number of nitrogens with one attached hydrogen (secondary N) is 2. The predicted molar refractivity (Wildman–Crippen MR) is 92.1 cm³/mol. The van der Waals surface area contributed by atoms with E-state index in [1.165, 1.54) is 0 Å². The maximum Gasteiger partial charge on any atom is 0.261 e. The van der Waals surface area contributed by atoms with E-state index in [2.05, 4.69) is 15.3 Å². The van der Waals surface area contributed by atoms with Crippen LogP contribution in [0.3, 0.4) is 0 Å². The minimum absolute atomic E-state index is 0.208. The molecule has 0 saturated carbocycles. The van der Waals surface area contributed by atoms with Gasteiger partial charge in [0.2, 0.25) is 5.95 Å². The highest BCUT2D eigenvalue weighted by Gasteiger charge is 2.11. The summed E-state index contributed by atoms with van der Waals surface area (Å²) in [6, 6.07) is 8.03. The van der Waals surface area contributed by atoms with E-state index in [9.17, 15) is 4.79 Å². The number of benzene rings is 2. The maximum absolute atomic E-state index is 12.2. The first-order valence-electron chi connectivity index (χ1n) is 6.05. The van der Waals surface area contributed by atoms with E-state index in [-0.39, 0.29) is 16.4 Å². The van der Waals surface area contributed by atoms with Gasteiger partial charge in [-0.25, -0.2) is 4.98 Å². The van der Waals surface area contributed by atoms with Gasteiger partial charge >= 0.3 is 0 Å². The van der Waals surface area contributed by atoms with Crippen LogP contribution in [0.4, 0.5) is 11.6 Å². The summed E-state index contributed by atoms with van der Waals surface area (Å²) >= 11 is 24.0. The molecule has 8 heteroatoms. The maximum atomic E-state index is 12.2. The van der Waals surface area contributed by atoms with Crippen LogP contribution in [0, 0.1) is 0 Å². The van der Waals surface area contributed by atoms with Gasteiger partial charge in [-0.15, -0.1) is 0 Å². The van der Waals surface area contributed by atoms with Crippen molar-refractivity contribution in [1.29, 1.82) is 0 Å². The second-order valence-corrected chi connectivity index (χ2v) is 6.14. The van der Waals surface area contributed by atoms with E-state index in [1.807, 2.05) is 0 Å². The SMILES string of the molecule is O=c1[nH]c(Nc2cc(Cl)cc(Cl)c2)nc2c(Cl)ccc(Cl)c12. The number of aromatic amines is 1. The summed E-state index contributed by atoms with van der Waals surface area (Å²) in [5.41, 5.74) is 0.500. The van der Waals surface area contributed by atoms with Crippen molar-refractivity contribution in [2.45, 2.75) is 0 Å². The summed E-state index contributed by atoms with van der Waals surface area (Å²) in [6.45, 7) is 0. The van der Waals surface area contributed by atoms with Crippen LogP contribution < -0.4 is 10.9 Å². The second-order valence-electron chi connectivity index (χ2n) is 4.45. The van der Waals surface area contributed by atoms with Crippen molar-refractivity contribution in [2.75, 3.05) is 5.32 Å². The number of aromatic nitrogens is 2. The number of hydrogen-bond acceptors (Lipinski definition) is 3. The summed E-state index contributed by atoms with van der Waals surface area (Å²) in [4.78, 5) is 19.0. The molecule has 0 amide bonds. The molecule has 0 spiro atoms. The third-order valence-electron chi connectivity index (χ3n) is 2.89. The molecule has 0 bridgehead atoms. The Kier molecular flexibility index (Phi) is 4.19. The number of hydrogen-bond donors (Lipinski definition) is 2. The van der Waals surface area contributed by atoms with Gasteiger partial charge in [-0.2, -0.15) is 0 Å². The Labute approximate surface area is 145 Å². The van der Waals surface area contributed by atoms with Crippen molar-refractivity contribution in [2.24, 2.45) is 0 Å². The summed E-state index contributed by atoms with van der Waals surface area (Å²) in [7, 11) is 0. The molecule has 22 heavy (non-hydrogen) atoms. The van der Waals surface area contributed by atoms with Crippen LogP contribution in [0.25, 0.3) is 10.9 Å². The molecule has 0 unspecified atom stereocenters. The van der Waals surface area contributed by atoms with Gasteiger partial charge in [0.25, 0.3) is 5.56 Å². The van der Waals surface area contributed by atoms with Crippen molar-refractivity contribution in [3.05, 3.63) is 60.8 Å². The van der Waals surface area contributed by atoms with Crippen molar-refractivity contribution >= 4 is 68.9 Å². The Morgan fingerprint density at radius 2 is 1.59 bits per heavy atom. The zero-order chi connectivity index (χ0) is 15.9. The first-order chi connectivity index (χ1) is 10.4. The van der Waals surface area contributed by atoms with E-state index in [0.29, 0.717) is 26.3 Å². The quantitative estimate of drug-likeness (QED) is 0.641. The Bertz CT molecular complexity index is 919. The van der Waals surface area contributed by atoms with Gasteiger partial charge in [0.05, 0.1) is 20.9 Å². The fourth-order valence-electron chi connectivity index (χ4n) is 2.00. The third-order valence-corrected chi connectivity index (χ3v) is 3.94. The first kappa shape index (κ1) is 15.4.